The van der Waals surface area contributed by atoms with Gasteiger partial charge in [0.25, 0.3) is 5.91 Å². The molecule has 1 aromatic carbocycles. The quantitative estimate of drug-likeness (QED) is 0.817. The van der Waals surface area contributed by atoms with Crippen LogP contribution in [0.3, 0.4) is 0 Å². The topological polar surface area (TPSA) is 98.1 Å². The maximum atomic E-state index is 12.2. The summed E-state index contributed by atoms with van der Waals surface area (Å²) in [5.41, 5.74) is 1.52. The monoisotopic (exact) mass is 355 g/mol. The molecule has 7 nitrogen and oxygen atoms in total. The third-order valence-corrected chi connectivity index (χ3v) is 5.06. The van der Waals surface area contributed by atoms with Crippen LogP contribution >= 0.6 is 11.3 Å². The minimum atomic E-state index is -0.182. The number of thiazole rings is 1. The van der Waals surface area contributed by atoms with E-state index in [9.17, 15) is 9.59 Å². The molecule has 1 unspecified atom stereocenters. The van der Waals surface area contributed by atoms with Gasteiger partial charge in [-0.05, 0) is 24.1 Å². The zero-order valence-electron chi connectivity index (χ0n) is 13.7. The molecule has 1 aromatic heterocycles. The number of amides is 2. The summed E-state index contributed by atoms with van der Waals surface area (Å²) in [6.07, 6.45) is 4.45. The number of anilines is 1. The Morgan fingerprint density at radius 1 is 1.36 bits per heavy atom. The van der Waals surface area contributed by atoms with E-state index < -0.39 is 0 Å². The molecule has 2 N–H and O–H groups in total. The van der Waals surface area contributed by atoms with Crippen molar-refractivity contribution in [2.24, 2.45) is 5.92 Å². The van der Waals surface area contributed by atoms with Crippen LogP contribution in [-0.4, -0.2) is 41.8 Å². The molecule has 1 atom stereocenters. The summed E-state index contributed by atoms with van der Waals surface area (Å²) >= 11 is 1.38. The predicted octanol–water partition coefficient (Wildman–Crippen LogP) is 1.91. The van der Waals surface area contributed by atoms with Crippen molar-refractivity contribution < 1.29 is 9.59 Å². The molecule has 8 heteroatoms. The van der Waals surface area contributed by atoms with Crippen molar-refractivity contribution >= 4 is 28.3 Å². The highest BCUT2D eigenvalue weighted by Crippen LogP contribution is 2.29. The van der Waals surface area contributed by atoms with E-state index in [1.54, 1.807) is 30.3 Å². The number of rotatable bonds is 4. The van der Waals surface area contributed by atoms with E-state index in [1.165, 1.54) is 11.3 Å². The Bertz CT molecular complexity index is 824. The maximum absolute atomic E-state index is 12.2. The van der Waals surface area contributed by atoms with Gasteiger partial charge in [0, 0.05) is 31.9 Å². The normalized spacial score (nSPS) is 16.3. The Kier molecular flexibility index (Phi) is 4.95. The molecule has 25 heavy (non-hydrogen) atoms. The van der Waals surface area contributed by atoms with Crippen LogP contribution in [0.2, 0.25) is 0 Å². The number of nitriles is 1. The Morgan fingerprint density at radius 3 is 2.76 bits per heavy atom. The van der Waals surface area contributed by atoms with Gasteiger partial charge < -0.3 is 15.5 Å². The second-order valence-electron chi connectivity index (χ2n) is 5.71. The van der Waals surface area contributed by atoms with Gasteiger partial charge in [-0.3, -0.25) is 9.59 Å². The first-order valence-corrected chi connectivity index (χ1v) is 8.66. The van der Waals surface area contributed by atoms with Crippen molar-refractivity contribution in [3.05, 3.63) is 36.0 Å². The van der Waals surface area contributed by atoms with E-state index in [0.29, 0.717) is 30.2 Å². The first kappa shape index (κ1) is 16.9. The fourth-order valence-electron chi connectivity index (χ4n) is 2.67. The van der Waals surface area contributed by atoms with Crippen molar-refractivity contribution in [1.29, 1.82) is 5.26 Å². The minimum Gasteiger partial charge on any atom is -0.355 e. The van der Waals surface area contributed by atoms with Crippen LogP contribution in [0.4, 0.5) is 5.13 Å². The highest BCUT2D eigenvalue weighted by Gasteiger charge is 2.28. The zero-order valence-corrected chi connectivity index (χ0v) is 14.5. The van der Waals surface area contributed by atoms with Crippen LogP contribution in [0.25, 0.3) is 10.4 Å². The Balaban J connectivity index is 1.65. The molecule has 0 radical (unpaired) electrons. The van der Waals surface area contributed by atoms with E-state index in [4.69, 9.17) is 5.26 Å². The highest BCUT2D eigenvalue weighted by atomic mass is 32.1. The van der Waals surface area contributed by atoms with Crippen LogP contribution < -0.4 is 10.6 Å². The SMILES string of the molecule is CNC(=O)c1ccc(-c2cnc(NC(=O)C3CCN(C#N)C3)s2)cc1. The molecule has 0 bridgehead atoms. The number of nitrogens with zero attached hydrogens (tertiary/aromatic N) is 3. The number of benzene rings is 1. The molecule has 2 amide bonds. The highest BCUT2D eigenvalue weighted by molar-refractivity contribution is 7.19. The molecule has 1 aliphatic heterocycles. The van der Waals surface area contributed by atoms with Crippen molar-refractivity contribution in [2.45, 2.75) is 6.42 Å². The van der Waals surface area contributed by atoms with Gasteiger partial charge >= 0.3 is 0 Å². The van der Waals surface area contributed by atoms with Gasteiger partial charge in [0.1, 0.15) is 0 Å². The summed E-state index contributed by atoms with van der Waals surface area (Å²) in [5, 5.41) is 14.8. The van der Waals surface area contributed by atoms with Gasteiger partial charge in [-0.15, -0.1) is 0 Å². The third-order valence-electron chi connectivity index (χ3n) is 4.09. The molecule has 0 saturated carbocycles. The summed E-state index contributed by atoms with van der Waals surface area (Å²) in [7, 11) is 1.59. The fraction of sp³-hybridized carbons (Fsp3) is 0.294. The first-order chi connectivity index (χ1) is 12.1. The van der Waals surface area contributed by atoms with E-state index >= 15 is 0 Å². The lowest BCUT2D eigenvalue weighted by molar-refractivity contribution is -0.119. The smallest absolute Gasteiger partial charge is 0.251 e. The lowest BCUT2D eigenvalue weighted by atomic mass is 10.1. The van der Waals surface area contributed by atoms with Crippen molar-refractivity contribution in [3.8, 4) is 16.6 Å². The van der Waals surface area contributed by atoms with Gasteiger partial charge in [-0.1, -0.05) is 23.5 Å². The van der Waals surface area contributed by atoms with Crippen LogP contribution in [0.5, 0.6) is 0 Å². The van der Waals surface area contributed by atoms with Crippen LogP contribution in [0, 0.1) is 17.4 Å². The molecule has 3 rings (SSSR count). The number of nitrogens with one attached hydrogen (secondary N) is 2. The van der Waals surface area contributed by atoms with Gasteiger partial charge in [-0.2, -0.15) is 5.26 Å². The molecular weight excluding hydrogens is 338 g/mol. The molecular formula is C17H17N5O2S. The lowest BCUT2D eigenvalue weighted by Gasteiger charge is -2.08. The van der Waals surface area contributed by atoms with Crippen molar-refractivity contribution in [2.75, 3.05) is 25.5 Å². The standard InChI is InChI=1S/C17H17N5O2S/c1-19-15(23)12-4-2-11(3-5-12)14-8-20-17(25-14)21-16(24)13-6-7-22(9-13)10-18/h2-5,8,13H,6-7,9H2,1H3,(H,19,23)(H,20,21,24). The number of carbonyl (C=O) groups excluding carboxylic acids is 2. The van der Waals surface area contributed by atoms with Crippen LogP contribution in [0.1, 0.15) is 16.8 Å². The van der Waals surface area contributed by atoms with Gasteiger partial charge in [0.2, 0.25) is 5.91 Å². The summed E-state index contributed by atoms with van der Waals surface area (Å²) < 4.78 is 0. The van der Waals surface area contributed by atoms with E-state index in [1.807, 2.05) is 12.1 Å². The minimum absolute atomic E-state index is 0.103. The fourth-order valence-corrected chi connectivity index (χ4v) is 3.49. The molecule has 0 spiro atoms. The van der Waals surface area contributed by atoms with Gasteiger partial charge in [0.15, 0.2) is 11.3 Å². The third kappa shape index (κ3) is 3.78. The van der Waals surface area contributed by atoms with Crippen LogP contribution in [0.15, 0.2) is 30.5 Å². The van der Waals surface area contributed by atoms with Crippen molar-refractivity contribution in [3.63, 3.8) is 0 Å². The molecule has 2 aromatic rings. The van der Waals surface area contributed by atoms with Crippen molar-refractivity contribution in [1.82, 2.24) is 15.2 Å². The second kappa shape index (κ2) is 7.32. The van der Waals surface area contributed by atoms with E-state index in [-0.39, 0.29) is 17.7 Å². The van der Waals surface area contributed by atoms with Gasteiger partial charge in [-0.25, -0.2) is 4.98 Å². The average molecular weight is 355 g/mol. The van der Waals surface area contributed by atoms with Gasteiger partial charge in [0.05, 0.1) is 10.8 Å². The number of likely N-dealkylation sites (tertiary alicyclic amines) is 1. The largest absolute Gasteiger partial charge is 0.355 e. The second-order valence-corrected chi connectivity index (χ2v) is 6.74. The number of aromatic nitrogens is 1. The predicted molar refractivity (Wildman–Crippen MR) is 94.9 cm³/mol. The summed E-state index contributed by atoms with van der Waals surface area (Å²) in [5.74, 6) is -0.417. The molecule has 0 aliphatic carbocycles. The summed E-state index contributed by atoms with van der Waals surface area (Å²) in [6.45, 7) is 1.08. The number of hydrogen-bond acceptors (Lipinski definition) is 6. The number of hydrogen-bond donors (Lipinski definition) is 2. The molecule has 2 heterocycles. The summed E-state index contributed by atoms with van der Waals surface area (Å²) in [4.78, 5) is 30.6. The van der Waals surface area contributed by atoms with Crippen LogP contribution in [-0.2, 0) is 4.79 Å². The molecule has 128 valence electrons. The van der Waals surface area contributed by atoms with E-state index in [2.05, 4.69) is 21.8 Å². The molecule has 1 fully saturated rings. The Hall–Kier alpha value is -2.92. The maximum Gasteiger partial charge on any atom is 0.251 e. The molecule has 1 saturated heterocycles. The Morgan fingerprint density at radius 2 is 2.12 bits per heavy atom. The molecule has 1 aliphatic rings. The summed E-state index contributed by atoms with van der Waals surface area (Å²) in [6, 6.07) is 7.21. The average Bonchev–Trinajstić information content (AvgIpc) is 3.30. The lowest BCUT2D eigenvalue weighted by Crippen LogP contribution is -2.25. The number of carbonyl (C=O) groups is 2. The zero-order chi connectivity index (χ0) is 17.8. The van der Waals surface area contributed by atoms with E-state index in [0.717, 1.165) is 10.4 Å². The Labute approximate surface area is 149 Å². The first-order valence-electron chi connectivity index (χ1n) is 7.84.